The molecule has 2 aromatic rings. The Kier molecular flexibility index (Phi) is 4.29. The van der Waals surface area contributed by atoms with Crippen molar-refractivity contribution in [1.82, 2.24) is 20.6 Å². The maximum absolute atomic E-state index is 12.3. The maximum atomic E-state index is 12.3. The van der Waals surface area contributed by atoms with Crippen LogP contribution in [-0.4, -0.2) is 34.4 Å². The fraction of sp³-hybridized carbons (Fsp3) is 0.625. The molecule has 8 nitrogen and oxygen atoms in total. The molecule has 1 N–H and O–H groups in total. The Balaban J connectivity index is 1.31. The van der Waals surface area contributed by atoms with E-state index in [1.54, 1.807) is 0 Å². The maximum Gasteiger partial charge on any atom is 0.290 e. The summed E-state index contributed by atoms with van der Waals surface area (Å²) in [5, 5.41) is 10.8. The van der Waals surface area contributed by atoms with Gasteiger partial charge >= 0.3 is 0 Å². The summed E-state index contributed by atoms with van der Waals surface area (Å²) in [5.41, 5.74) is 1.88. The second kappa shape index (κ2) is 6.72. The van der Waals surface area contributed by atoms with E-state index in [0.717, 1.165) is 56.4 Å². The third-order valence-corrected chi connectivity index (χ3v) is 4.49. The van der Waals surface area contributed by atoms with Gasteiger partial charge in [0.1, 0.15) is 6.10 Å². The lowest BCUT2D eigenvalue weighted by atomic mass is 9.96. The molecule has 1 aliphatic heterocycles. The first-order valence-electron chi connectivity index (χ1n) is 8.51. The van der Waals surface area contributed by atoms with Gasteiger partial charge in [0.2, 0.25) is 5.76 Å². The summed E-state index contributed by atoms with van der Waals surface area (Å²) in [5.74, 6) is 1.21. The third-order valence-electron chi connectivity index (χ3n) is 4.49. The van der Waals surface area contributed by atoms with Gasteiger partial charge < -0.3 is 19.1 Å². The fourth-order valence-corrected chi connectivity index (χ4v) is 3.21. The van der Waals surface area contributed by atoms with Crippen molar-refractivity contribution in [2.24, 2.45) is 0 Å². The Bertz CT molecular complexity index is 717. The van der Waals surface area contributed by atoms with E-state index in [1.807, 2.05) is 0 Å². The zero-order valence-corrected chi connectivity index (χ0v) is 13.4. The minimum absolute atomic E-state index is 0.0819. The number of hydrogen-bond acceptors (Lipinski definition) is 7. The van der Waals surface area contributed by atoms with Crippen LogP contribution in [0.15, 0.2) is 9.05 Å². The van der Waals surface area contributed by atoms with E-state index in [-0.39, 0.29) is 12.0 Å². The number of aromatic nitrogens is 3. The van der Waals surface area contributed by atoms with E-state index in [0.29, 0.717) is 30.4 Å². The third kappa shape index (κ3) is 3.06. The van der Waals surface area contributed by atoms with Gasteiger partial charge in [-0.25, -0.2) is 0 Å². The van der Waals surface area contributed by atoms with Gasteiger partial charge in [-0.1, -0.05) is 10.3 Å². The van der Waals surface area contributed by atoms with Crippen LogP contribution < -0.4 is 5.32 Å². The molecule has 1 fully saturated rings. The number of carbonyl (C=O) groups excluding carboxylic acids is 1. The summed E-state index contributed by atoms with van der Waals surface area (Å²) in [4.78, 5) is 16.6. The molecule has 0 spiro atoms. The van der Waals surface area contributed by atoms with E-state index in [2.05, 4.69) is 20.6 Å². The number of nitrogens with one attached hydrogen (secondary N) is 1. The molecule has 0 bridgehead atoms. The molecule has 0 saturated carbocycles. The molecule has 0 radical (unpaired) electrons. The summed E-state index contributed by atoms with van der Waals surface area (Å²) in [6, 6.07) is 0. The number of ether oxygens (including phenoxy) is 1. The van der Waals surface area contributed by atoms with Gasteiger partial charge in [-0.15, -0.1) is 0 Å². The van der Waals surface area contributed by atoms with E-state index >= 15 is 0 Å². The number of carbonyl (C=O) groups is 1. The van der Waals surface area contributed by atoms with Crippen molar-refractivity contribution in [3.63, 3.8) is 0 Å². The lowest BCUT2D eigenvalue weighted by Crippen LogP contribution is -2.26. The van der Waals surface area contributed by atoms with Crippen LogP contribution in [0.3, 0.4) is 0 Å². The molecule has 4 rings (SSSR count). The van der Waals surface area contributed by atoms with E-state index in [4.69, 9.17) is 13.8 Å². The first-order valence-corrected chi connectivity index (χ1v) is 8.51. The molecule has 2 aromatic heterocycles. The van der Waals surface area contributed by atoms with Crippen molar-refractivity contribution in [3.05, 3.63) is 28.7 Å². The molecule has 0 aromatic carbocycles. The largest absolute Gasteiger partial charge is 0.368 e. The highest BCUT2D eigenvalue weighted by molar-refractivity contribution is 5.93. The van der Waals surface area contributed by atoms with Gasteiger partial charge in [0.15, 0.2) is 5.82 Å². The molecule has 24 heavy (non-hydrogen) atoms. The molecule has 1 aliphatic carbocycles. The summed E-state index contributed by atoms with van der Waals surface area (Å²) in [7, 11) is 0. The van der Waals surface area contributed by atoms with Gasteiger partial charge in [0.25, 0.3) is 11.8 Å². The van der Waals surface area contributed by atoms with Crippen molar-refractivity contribution >= 4 is 5.91 Å². The number of hydrogen-bond donors (Lipinski definition) is 1. The van der Waals surface area contributed by atoms with Crippen LogP contribution in [0.2, 0.25) is 0 Å². The lowest BCUT2D eigenvalue weighted by molar-refractivity contribution is 0.0835. The fourth-order valence-electron chi connectivity index (χ4n) is 3.21. The molecule has 8 heteroatoms. The molecule has 3 heterocycles. The first-order chi connectivity index (χ1) is 11.8. The number of nitrogens with zero attached hydrogens (tertiary/aromatic N) is 3. The van der Waals surface area contributed by atoms with Crippen molar-refractivity contribution < 1.29 is 18.6 Å². The molecule has 1 saturated heterocycles. The van der Waals surface area contributed by atoms with Gasteiger partial charge in [-0.05, 0) is 38.5 Å². The SMILES string of the molecule is O=C(NCCc1noc([C@@H]2CCCO2)n1)c1onc2c1CCCC2. The van der Waals surface area contributed by atoms with Crippen molar-refractivity contribution in [3.8, 4) is 0 Å². The quantitative estimate of drug-likeness (QED) is 0.889. The number of rotatable bonds is 5. The van der Waals surface area contributed by atoms with Crippen LogP contribution in [0.4, 0.5) is 0 Å². The normalized spacial score (nSPS) is 20.1. The van der Waals surface area contributed by atoms with Crippen LogP contribution in [0.25, 0.3) is 0 Å². The molecular formula is C16H20N4O4. The minimum Gasteiger partial charge on any atom is -0.368 e. The molecule has 0 unspecified atom stereocenters. The van der Waals surface area contributed by atoms with E-state index in [1.165, 1.54) is 0 Å². The topological polar surface area (TPSA) is 103 Å². The Morgan fingerprint density at radius 1 is 1.17 bits per heavy atom. The minimum atomic E-state index is -0.228. The zero-order valence-electron chi connectivity index (χ0n) is 13.4. The predicted molar refractivity (Wildman–Crippen MR) is 81.4 cm³/mol. The van der Waals surface area contributed by atoms with E-state index in [9.17, 15) is 4.79 Å². The van der Waals surface area contributed by atoms with Gasteiger partial charge in [-0.2, -0.15) is 4.98 Å². The molecule has 2 aliphatic rings. The molecule has 1 atom stereocenters. The smallest absolute Gasteiger partial charge is 0.290 e. The number of amides is 1. The van der Waals surface area contributed by atoms with Crippen LogP contribution in [0, 0.1) is 0 Å². The number of aryl methyl sites for hydroxylation is 1. The Labute approximate surface area is 138 Å². The second-order valence-electron chi connectivity index (χ2n) is 6.20. The van der Waals surface area contributed by atoms with Crippen LogP contribution in [-0.2, 0) is 24.0 Å². The average Bonchev–Trinajstić information content (AvgIpc) is 3.34. The summed E-state index contributed by atoms with van der Waals surface area (Å²) in [6.07, 6.45) is 6.27. The van der Waals surface area contributed by atoms with Crippen molar-refractivity contribution in [1.29, 1.82) is 0 Å². The Hall–Kier alpha value is -2.22. The predicted octanol–water partition coefficient (Wildman–Crippen LogP) is 1.76. The standard InChI is InChI=1S/C16H20N4O4/c21-15(14-10-4-1-2-5-11(10)19-23-14)17-8-7-13-18-16(24-20-13)12-6-3-9-22-12/h12H,1-9H2,(H,17,21)/t12-/m0/s1. The highest BCUT2D eigenvalue weighted by Gasteiger charge is 2.25. The second-order valence-corrected chi connectivity index (χ2v) is 6.20. The first kappa shape index (κ1) is 15.3. The molecule has 1 amide bonds. The summed E-state index contributed by atoms with van der Waals surface area (Å²) >= 11 is 0. The van der Waals surface area contributed by atoms with Crippen LogP contribution in [0.1, 0.15) is 65.3 Å². The van der Waals surface area contributed by atoms with Crippen molar-refractivity contribution in [2.45, 2.75) is 51.0 Å². The summed E-state index contributed by atoms with van der Waals surface area (Å²) in [6.45, 7) is 1.15. The van der Waals surface area contributed by atoms with Crippen LogP contribution >= 0.6 is 0 Å². The highest BCUT2D eigenvalue weighted by Crippen LogP contribution is 2.27. The molecular weight excluding hydrogens is 312 g/mol. The van der Waals surface area contributed by atoms with Crippen molar-refractivity contribution in [2.75, 3.05) is 13.2 Å². The lowest BCUT2D eigenvalue weighted by Gasteiger charge is -2.08. The highest BCUT2D eigenvalue weighted by atomic mass is 16.5. The molecule has 128 valence electrons. The van der Waals surface area contributed by atoms with Gasteiger partial charge in [-0.3, -0.25) is 4.79 Å². The Morgan fingerprint density at radius 2 is 2.08 bits per heavy atom. The Morgan fingerprint density at radius 3 is 2.96 bits per heavy atom. The zero-order chi connectivity index (χ0) is 16.4. The monoisotopic (exact) mass is 332 g/mol. The van der Waals surface area contributed by atoms with Crippen LogP contribution in [0.5, 0.6) is 0 Å². The van der Waals surface area contributed by atoms with E-state index < -0.39 is 0 Å². The summed E-state index contributed by atoms with van der Waals surface area (Å²) < 4.78 is 16.0. The van der Waals surface area contributed by atoms with Gasteiger partial charge in [0.05, 0.1) is 5.69 Å². The number of fused-ring (bicyclic) bond motifs is 1. The van der Waals surface area contributed by atoms with Gasteiger partial charge in [0, 0.05) is 25.1 Å². The average molecular weight is 332 g/mol.